The van der Waals surface area contributed by atoms with Crippen LogP contribution >= 0.6 is 23.7 Å². The molecule has 1 aliphatic heterocycles. The first-order valence-electron chi connectivity index (χ1n) is 6.33. The number of amides is 1. The van der Waals surface area contributed by atoms with Crippen LogP contribution in [0.1, 0.15) is 24.3 Å². The van der Waals surface area contributed by atoms with Crippen LogP contribution in [0.3, 0.4) is 0 Å². The monoisotopic (exact) mass is 342 g/mol. The molecular weight excluding hydrogens is 329 g/mol. The summed E-state index contributed by atoms with van der Waals surface area (Å²) < 4.78 is 37.2. The minimum absolute atomic E-state index is 0. The van der Waals surface area contributed by atoms with Gasteiger partial charge in [0.2, 0.25) is 16.0 Å². The maximum Gasteiger partial charge on any atom is 0.445 e. The van der Waals surface area contributed by atoms with Gasteiger partial charge < -0.3 is 10.6 Å². The van der Waals surface area contributed by atoms with Crippen LogP contribution in [0.4, 0.5) is 18.3 Å². The summed E-state index contributed by atoms with van der Waals surface area (Å²) in [6, 6.07) is 0. The predicted octanol–water partition coefficient (Wildman–Crippen LogP) is 2.31. The lowest BCUT2D eigenvalue weighted by Gasteiger charge is -2.22. The number of piperidine rings is 1. The summed E-state index contributed by atoms with van der Waals surface area (Å²) in [5.74, 6) is -0.348. The largest absolute Gasteiger partial charge is 0.445 e. The minimum Gasteiger partial charge on any atom is -0.317 e. The molecule has 1 aliphatic carbocycles. The zero-order chi connectivity index (χ0) is 14.4. The van der Waals surface area contributed by atoms with Crippen molar-refractivity contribution in [3.8, 4) is 0 Å². The van der Waals surface area contributed by atoms with Crippen molar-refractivity contribution in [3.05, 3.63) is 5.01 Å². The van der Waals surface area contributed by atoms with E-state index < -0.39 is 11.2 Å². The molecule has 118 valence electrons. The van der Waals surface area contributed by atoms with Gasteiger partial charge in [0.05, 0.1) is 0 Å². The number of aromatic nitrogens is 2. The molecule has 0 bridgehead atoms. The highest BCUT2D eigenvalue weighted by atomic mass is 35.5. The normalized spacial score (nSPS) is 23.5. The van der Waals surface area contributed by atoms with E-state index in [4.69, 9.17) is 0 Å². The van der Waals surface area contributed by atoms with Crippen molar-refractivity contribution in [1.29, 1.82) is 0 Å². The highest BCUT2D eigenvalue weighted by molar-refractivity contribution is 7.15. The van der Waals surface area contributed by atoms with Crippen molar-refractivity contribution >= 4 is 34.8 Å². The molecule has 3 rings (SSSR count). The average Bonchev–Trinajstić information content (AvgIpc) is 2.85. The van der Waals surface area contributed by atoms with Gasteiger partial charge in [-0.2, -0.15) is 13.2 Å². The third kappa shape index (κ3) is 3.29. The Morgan fingerprint density at radius 3 is 2.57 bits per heavy atom. The Kier molecular flexibility index (Phi) is 4.46. The van der Waals surface area contributed by atoms with E-state index in [0.29, 0.717) is 11.3 Å². The smallest absolute Gasteiger partial charge is 0.317 e. The third-order valence-electron chi connectivity index (χ3n) is 4.00. The van der Waals surface area contributed by atoms with Crippen LogP contribution in [0, 0.1) is 11.3 Å². The number of nitrogens with one attached hydrogen (secondary N) is 2. The third-order valence-corrected chi connectivity index (χ3v) is 4.89. The van der Waals surface area contributed by atoms with Crippen LogP contribution in [0.5, 0.6) is 0 Å². The van der Waals surface area contributed by atoms with Crippen molar-refractivity contribution in [2.75, 3.05) is 18.4 Å². The van der Waals surface area contributed by atoms with Crippen LogP contribution in [-0.2, 0) is 11.0 Å². The number of alkyl halides is 3. The lowest BCUT2D eigenvalue weighted by Crippen LogP contribution is -2.31. The van der Waals surface area contributed by atoms with E-state index in [0.717, 1.165) is 32.4 Å². The summed E-state index contributed by atoms with van der Waals surface area (Å²) in [5.41, 5.74) is 0.0485. The summed E-state index contributed by atoms with van der Waals surface area (Å²) in [6.45, 7) is 1.78. The molecular formula is C11H14ClF3N4OS. The number of hydrogen-bond donors (Lipinski definition) is 2. The topological polar surface area (TPSA) is 66.9 Å². The van der Waals surface area contributed by atoms with Gasteiger partial charge in [-0.05, 0) is 37.8 Å². The molecule has 2 N–H and O–H groups in total. The first-order chi connectivity index (χ1) is 9.41. The van der Waals surface area contributed by atoms with Crippen molar-refractivity contribution in [2.45, 2.75) is 25.4 Å². The summed E-state index contributed by atoms with van der Waals surface area (Å²) in [4.78, 5) is 12.0. The van der Waals surface area contributed by atoms with Crippen LogP contribution < -0.4 is 10.6 Å². The van der Waals surface area contributed by atoms with Crippen molar-refractivity contribution in [2.24, 2.45) is 11.3 Å². The second-order valence-electron chi connectivity index (χ2n) is 5.27. The van der Waals surface area contributed by atoms with Gasteiger partial charge in [-0.3, -0.25) is 4.79 Å². The summed E-state index contributed by atoms with van der Waals surface area (Å²) in [6.07, 6.45) is -1.83. The maximum absolute atomic E-state index is 12.4. The van der Waals surface area contributed by atoms with Crippen LogP contribution in [0.15, 0.2) is 0 Å². The van der Waals surface area contributed by atoms with Crippen molar-refractivity contribution in [3.63, 3.8) is 0 Å². The first-order valence-corrected chi connectivity index (χ1v) is 7.15. The van der Waals surface area contributed by atoms with Gasteiger partial charge in [0.15, 0.2) is 0 Å². The molecule has 1 aromatic rings. The second kappa shape index (κ2) is 5.69. The van der Waals surface area contributed by atoms with Crippen molar-refractivity contribution < 1.29 is 18.0 Å². The lowest BCUT2D eigenvalue weighted by atomic mass is 9.92. The van der Waals surface area contributed by atoms with Crippen LogP contribution in [0.2, 0.25) is 0 Å². The molecule has 1 spiro atoms. The minimum atomic E-state index is -4.52. The molecule has 1 atom stereocenters. The Labute approximate surface area is 129 Å². The fourth-order valence-corrected chi connectivity index (χ4v) is 3.39. The van der Waals surface area contributed by atoms with Crippen LogP contribution in [-0.4, -0.2) is 29.2 Å². The summed E-state index contributed by atoms with van der Waals surface area (Å²) in [5, 5.41) is 11.0. The van der Waals surface area contributed by atoms with Gasteiger partial charge in [0.25, 0.3) is 0 Å². The Morgan fingerprint density at radius 1 is 1.33 bits per heavy atom. The molecule has 1 aromatic heterocycles. The van der Waals surface area contributed by atoms with E-state index in [2.05, 4.69) is 20.8 Å². The molecule has 1 saturated carbocycles. The summed E-state index contributed by atoms with van der Waals surface area (Å²) >= 11 is 0.357. The Balaban J connectivity index is 0.00000161. The number of nitrogens with zero attached hydrogens (tertiary/aromatic N) is 2. The maximum atomic E-state index is 12.4. The Hall–Kier alpha value is -0.930. The molecule has 0 aromatic carbocycles. The molecule has 2 aliphatic rings. The van der Waals surface area contributed by atoms with Crippen molar-refractivity contribution in [1.82, 2.24) is 15.5 Å². The van der Waals surface area contributed by atoms with E-state index >= 15 is 0 Å². The van der Waals surface area contributed by atoms with E-state index in [9.17, 15) is 18.0 Å². The molecule has 10 heteroatoms. The van der Waals surface area contributed by atoms with E-state index in [1.54, 1.807) is 0 Å². The number of carbonyl (C=O) groups excluding carboxylic acids is 1. The molecule has 0 radical (unpaired) electrons. The van der Waals surface area contributed by atoms with E-state index in [-0.39, 0.29) is 34.8 Å². The van der Waals surface area contributed by atoms with E-state index in [1.807, 2.05) is 0 Å². The van der Waals surface area contributed by atoms with Gasteiger partial charge >= 0.3 is 6.18 Å². The number of anilines is 1. The zero-order valence-corrected chi connectivity index (χ0v) is 12.5. The molecule has 21 heavy (non-hydrogen) atoms. The van der Waals surface area contributed by atoms with Gasteiger partial charge in [0, 0.05) is 5.92 Å². The Morgan fingerprint density at radius 2 is 2.00 bits per heavy atom. The van der Waals surface area contributed by atoms with Gasteiger partial charge in [-0.15, -0.1) is 22.6 Å². The average molecular weight is 343 g/mol. The number of halogens is 4. The quantitative estimate of drug-likeness (QED) is 0.865. The SMILES string of the molecule is Cl.O=C(Nc1nnc(C(F)(F)F)s1)C1CC12CCNCC2. The molecule has 1 saturated heterocycles. The number of rotatable bonds is 2. The molecule has 2 fully saturated rings. The number of hydrogen-bond acceptors (Lipinski definition) is 5. The molecule has 2 heterocycles. The number of carbonyl (C=O) groups is 1. The fraction of sp³-hybridized carbons (Fsp3) is 0.727. The molecule has 1 amide bonds. The van der Waals surface area contributed by atoms with Crippen LogP contribution in [0.25, 0.3) is 0 Å². The van der Waals surface area contributed by atoms with Gasteiger partial charge in [0.1, 0.15) is 0 Å². The van der Waals surface area contributed by atoms with Gasteiger partial charge in [-0.25, -0.2) is 0 Å². The second-order valence-corrected chi connectivity index (χ2v) is 6.25. The first kappa shape index (κ1) is 16.4. The standard InChI is InChI=1S/C11H13F3N4OS.ClH/c12-11(13,14)8-17-18-9(20-8)16-7(19)6-5-10(6)1-3-15-4-2-10;/h6,15H,1-5H2,(H,16,18,19);1H. The molecule has 1 unspecified atom stereocenters. The Bertz CT molecular complexity index is 530. The summed E-state index contributed by atoms with van der Waals surface area (Å²) in [7, 11) is 0. The van der Waals surface area contributed by atoms with Gasteiger partial charge in [-0.1, -0.05) is 11.3 Å². The highest BCUT2D eigenvalue weighted by Gasteiger charge is 2.57. The zero-order valence-electron chi connectivity index (χ0n) is 10.9. The predicted molar refractivity (Wildman–Crippen MR) is 73.4 cm³/mol. The highest BCUT2D eigenvalue weighted by Crippen LogP contribution is 2.58. The fourth-order valence-electron chi connectivity index (χ4n) is 2.78. The van der Waals surface area contributed by atoms with E-state index in [1.165, 1.54) is 0 Å². The molecule has 5 nitrogen and oxygen atoms in total. The lowest BCUT2D eigenvalue weighted by molar-refractivity contribution is -0.138.